The minimum absolute atomic E-state index is 0.105. The number of phosphoric acid groups is 1. The fourth-order valence-corrected chi connectivity index (χ4v) is 5.82. The van der Waals surface area contributed by atoms with E-state index >= 15 is 0 Å². The molecule has 0 spiro atoms. The SMILES string of the molecule is CC/C=C\C/C=C\C/C=C\C/C=C\C/C=C\CCCCCC(=O)OC[C@H](COP(=O)(O)OC[C@@H](O)CO)OC(=O)CCCC(=O)/C=C/C=C\C/C=C\C/C=C\CCCCC. The summed E-state index contributed by atoms with van der Waals surface area (Å²) < 4.78 is 32.5. The van der Waals surface area contributed by atoms with Crippen LogP contribution in [0.1, 0.15) is 136 Å². The summed E-state index contributed by atoms with van der Waals surface area (Å²) in [6, 6.07) is 0. The minimum Gasteiger partial charge on any atom is -0.462 e. The minimum atomic E-state index is -4.70. The van der Waals surface area contributed by atoms with Crippen molar-refractivity contribution in [1.82, 2.24) is 0 Å². The lowest BCUT2D eigenvalue weighted by atomic mass is 10.1. The highest BCUT2D eigenvalue weighted by Crippen LogP contribution is 2.43. The normalized spacial score (nSPS) is 14.8. The zero-order chi connectivity index (χ0) is 44.2. The van der Waals surface area contributed by atoms with Gasteiger partial charge in [0.1, 0.15) is 12.7 Å². The van der Waals surface area contributed by atoms with Gasteiger partial charge in [-0.3, -0.25) is 23.4 Å². The Morgan fingerprint density at radius 3 is 1.65 bits per heavy atom. The third-order valence-electron chi connectivity index (χ3n) is 8.39. The third kappa shape index (κ3) is 41.1. The number of ketones is 1. The van der Waals surface area contributed by atoms with Crippen molar-refractivity contribution < 1.29 is 52.6 Å². The molecule has 0 saturated heterocycles. The highest BCUT2D eigenvalue weighted by molar-refractivity contribution is 7.47. The molecule has 338 valence electrons. The van der Waals surface area contributed by atoms with E-state index in [0.717, 1.165) is 70.6 Å². The van der Waals surface area contributed by atoms with Gasteiger partial charge in [-0.2, -0.15) is 0 Å². The summed E-state index contributed by atoms with van der Waals surface area (Å²) in [6.07, 6.45) is 49.2. The molecular weight excluding hydrogens is 783 g/mol. The van der Waals surface area contributed by atoms with Gasteiger partial charge in [0.05, 0.1) is 19.8 Å². The molecule has 0 aromatic heterocycles. The maximum atomic E-state index is 12.6. The van der Waals surface area contributed by atoms with Crippen LogP contribution in [0, 0.1) is 0 Å². The third-order valence-corrected chi connectivity index (χ3v) is 9.34. The largest absolute Gasteiger partial charge is 0.472 e. The van der Waals surface area contributed by atoms with E-state index in [1.807, 2.05) is 6.08 Å². The van der Waals surface area contributed by atoms with E-state index in [-0.39, 0.29) is 31.5 Å². The standard InChI is InChI=1S/C48H75O11P/c1-3-5-7-9-11-13-15-17-18-19-20-21-22-24-26-28-30-32-34-38-47(52)56-42-46(43-58-60(54,55)57-41-45(51)40-49)59-48(53)39-35-37-44(50)36-33-31-29-27-25-23-16-14-12-10-8-6-4-2/h5,7,11-14,17-18,20-21,23-26,29,31,33,36,45-46,49,51H,3-4,6,8-10,15-16,19,22,27-28,30,32,34-35,37-43H2,1-2H3,(H,54,55)/b7-5-,13-11-,14-12-,18-17-,21-20-,25-23-,26-24-,31-29-,36-33+/t45-,46+/m0/s1. The number of carbonyl (C=O) groups is 3. The maximum absolute atomic E-state index is 12.6. The zero-order valence-electron chi connectivity index (χ0n) is 36.4. The second-order valence-corrected chi connectivity index (χ2v) is 15.5. The van der Waals surface area contributed by atoms with E-state index in [4.69, 9.17) is 19.1 Å². The van der Waals surface area contributed by atoms with Gasteiger partial charge in [0.2, 0.25) is 0 Å². The van der Waals surface area contributed by atoms with Crippen LogP contribution in [0.25, 0.3) is 0 Å². The number of ether oxygens (including phenoxy) is 2. The topological polar surface area (TPSA) is 166 Å². The molecule has 0 fully saturated rings. The van der Waals surface area contributed by atoms with E-state index in [9.17, 15) is 28.9 Å². The second-order valence-electron chi connectivity index (χ2n) is 14.0. The predicted molar refractivity (Wildman–Crippen MR) is 242 cm³/mol. The Kier molecular flexibility index (Phi) is 39.4. The summed E-state index contributed by atoms with van der Waals surface area (Å²) in [4.78, 5) is 47.2. The number of phosphoric ester groups is 1. The molecule has 3 N–H and O–H groups in total. The van der Waals surface area contributed by atoms with Gasteiger partial charge in [0.25, 0.3) is 0 Å². The molecule has 0 aliphatic heterocycles. The number of aliphatic hydroxyl groups excluding tert-OH is 2. The number of hydrogen-bond donors (Lipinski definition) is 3. The van der Waals surface area contributed by atoms with Crippen LogP contribution >= 0.6 is 7.82 Å². The van der Waals surface area contributed by atoms with Crippen LogP contribution < -0.4 is 0 Å². The average Bonchev–Trinajstić information content (AvgIpc) is 3.23. The van der Waals surface area contributed by atoms with Crippen molar-refractivity contribution in [3.05, 3.63) is 109 Å². The van der Waals surface area contributed by atoms with Crippen molar-refractivity contribution in [3.63, 3.8) is 0 Å². The summed E-state index contributed by atoms with van der Waals surface area (Å²) in [6.45, 7) is 1.89. The number of unbranched alkanes of at least 4 members (excludes halogenated alkanes) is 6. The highest BCUT2D eigenvalue weighted by Gasteiger charge is 2.27. The van der Waals surface area contributed by atoms with Gasteiger partial charge in [-0.05, 0) is 89.5 Å². The molecule has 0 rings (SSSR count). The second kappa shape index (κ2) is 42.0. The first-order chi connectivity index (χ1) is 29.1. The predicted octanol–water partition coefficient (Wildman–Crippen LogP) is 11.0. The van der Waals surface area contributed by atoms with Gasteiger partial charge in [0, 0.05) is 19.3 Å². The average molecular weight is 859 g/mol. The van der Waals surface area contributed by atoms with E-state index < -0.39 is 58.4 Å². The molecular formula is C48H75O11P. The molecule has 60 heavy (non-hydrogen) atoms. The Morgan fingerprint density at radius 1 is 0.567 bits per heavy atom. The van der Waals surface area contributed by atoms with Crippen molar-refractivity contribution in [1.29, 1.82) is 0 Å². The molecule has 0 aromatic carbocycles. The molecule has 12 heteroatoms. The number of aliphatic hydroxyl groups is 2. The van der Waals surface area contributed by atoms with Gasteiger partial charge in [-0.15, -0.1) is 0 Å². The van der Waals surface area contributed by atoms with Crippen molar-refractivity contribution in [3.8, 4) is 0 Å². The van der Waals surface area contributed by atoms with Crippen LogP contribution in [0.15, 0.2) is 109 Å². The van der Waals surface area contributed by atoms with Crippen LogP contribution in [0.2, 0.25) is 0 Å². The Hall–Kier alpha value is -3.70. The number of esters is 2. The summed E-state index contributed by atoms with van der Waals surface area (Å²) in [5.74, 6) is -1.39. The van der Waals surface area contributed by atoms with Gasteiger partial charge in [-0.1, -0.05) is 136 Å². The number of hydrogen-bond acceptors (Lipinski definition) is 10. The Labute approximate surface area is 361 Å². The molecule has 0 aromatic rings. The maximum Gasteiger partial charge on any atom is 0.472 e. The van der Waals surface area contributed by atoms with Crippen LogP contribution in [-0.2, 0) is 37.5 Å². The monoisotopic (exact) mass is 859 g/mol. The highest BCUT2D eigenvalue weighted by atomic mass is 31.2. The number of allylic oxidation sites excluding steroid dienone is 18. The molecule has 0 bridgehead atoms. The number of carbonyl (C=O) groups excluding carboxylic acids is 3. The van der Waals surface area contributed by atoms with Gasteiger partial charge >= 0.3 is 19.8 Å². The van der Waals surface area contributed by atoms with Crippen molar-refractivity contribution in [2.45, 2.75) is 148 Å². The lowest BCUT2D eigenvalue weighted by molar-refractivity contribution is -0.161. The lowest BCUT2D eigenvalue weighted by Crippen LogP contribution is -2.30. The fourth-order valence-electron chi connectivity index (χ4n) is 5.03. The Bertz CT molecular complexity index is 1420. The molecule has 0 aliphatic carbocycles. The van der Waals surface area contributed by atoms with Gasteiger partial charge < -0.3 is 24.6 Å². The summed E-state index contributed by atoms with van der Waals surface area (Å²) in [5, 5.41) is 18.3. The summed E-state index contributed by atoms with van der Waals surface area (Å²) >= 11 is 0. The van der Waals surface area contributed by atoms with Crippen molar-refractivity contribution in [2.24, 2.45) is 0 Å². The molecule has 0 aliphatic rings. The molecule has 0 saturated carbocycles. The van der Waals surface area contributed by atoms with Crippen LogP contribution in [-0.4, -0.2) is 71.5 Å². The first-order valence-electron chi connectivity index (χ1n) is 21.8. The van der Waals surface area contributed by atoms with Gasteiger partial charge in [-0.25, -0.2) is 4.57 Å². The number of rotatable bonds is 39. The quantitative estimate of drug-likeness (QED) is 0.0134. The molecule has 0 heterocycles. The van der Waals surface area contributed by atoms with E-state index in [1.54, 1.807) is 12.2 Å². The molecule has 3 atom stereocenters. The Morgan fingerprint density at radius 2 is 1.08 bits per heavy atom. The lowest BCUT2D eigenvalue weighted by Gasteiger charge is -2.20. The first kappa shape index (κ1) is 56.3. The summed E-state index contributed by atoms with van der Waals surface area (Å²) in [7, 11) is -4.70. The molecule has 0 radical (unpaired) electrons. The van der Waals surface area contributed by atoms with Crippen LogP contribution in [0.5, 0.6) is 0 Å². The Balaban J connectivity index is 4.57. The van der Waals surface area contributed by atoms with Gasteiger partial charge in [0.15, 0.2) is 11.9 Å². The van der Waals surface area contributed by atoms with E-state index in [2.05, 4.69) is 103 Å². The fraction of sp³-hybridized carbons (Fsp3) is 0.562. The van der Waals surface area contributed by atoms with Crippen LogP contribution in [0.4, 0.5) is 0 Å². The zero-order valence-corrected chi connectivity index (χ0v) is 37.3. The molecule has 0 amide bonds. The first-order valence-corrected chi connectivity index (χ1v) is 23.3. The molecule has 1 unspecified atom stereocenters. The summed E-state index contributed by atoms with van der Waals surface area (Å²) in [5.41, 5.74) is 0. The van der Waals surface area contributed by atoms with Crippen molar-refractivity contribution in [2.75, 3.05) is 26.4 Å². The smallest absolute Gasteiger partial charge is 0.462 e. The van der Waals surface area contributed by atoms with E-state index in [1.165, 1.54) is 25.3 Å². The van der Waals surface area contributed by atoms with Crippen molar-refractivity contribution >= 4 is 25.5 Å². The molecule has 11 nitrogen and oxygen atoms in total. The van der Waals surface area contributed by atoms with Crippen LogP contribution in [0.3, 0.4) is 0 Å². The van der Waals surface area contributed by atoms with E-state index in [0.29, 0.717) is 6.42 Å².